The first-order valence-corrected chi connectivity index (χ1v) is 9.94. The first kappa shape index (κ1) is 16.7. The van der Waals surface area contributed by atoms with Gasteiger partial charge in [0, 0.05) is 26.1 Å². The maximum atomic E-state index is 13.1. The summed E-state index contributed by atoms with van der Waals surface area (Å²) in [7, 11) is 1.89. The van der Waals surface area contributed by atoms with Crippen molar-refractivity contribution in [1.82, 2.24) is 19.7 Å². The molecule has 1 N–H and O–H groups in total. The number of nitrogens with zero attached hydrogens (tertiary/aromatic N) is 4. The monoisotopic (exact) mass is 360 g/mol. The second-order valence-electron chi connectivity index (χ2n) is 7.06. The molecule has 0 spiro atoms. The lowest BCUT2D eigenvalue weighted by Crippen LogP contribution is -2.39. The number of amides is 1. The van der Waals surface area contributed by atoms with Crippen LogP contribution < -0.4 is 0 Å². The third kappa shape index (κ3) is 3.00. The zero-order chi connectivity index (χ0) is 17.4. The van der Waals surface area contributed by atoms with Crippen LogP contribution in [0.25, 0.3) is 0 Å². The van der Waals surface area contributed by atoms with Crippen LogP contribution in [0.4, 0.5) is 0 Å². The number of aliphatic hydroxyl groups excluding tert-OH is 1. The number of hydrogen-bond acceptors (Lipinski definition) is 5. The maximum absolute atomic E-state index is 13.1. The zero-order valence-corrected chi connectivity index (χ0v) is 15.4. The molecule has 2 aliphatic rings. The molecule has 1 aliphatic heterocycles. The van der Waals surface area contributed by atoms with E-state index >= 15 is 0 Å². The van der Waals surface area contributed by atoms with Crippen LogP contribution in [0.15, 0.2) is 5.38 Å². The van der Waals surface area contributed by atoms with E-state index in [4.69, 9.17) is 0 Å². The lowest BCUT2D eigenvalue weighted by molar-refractivity contribution is 0.0707. The summed E-state index contributed by atoms with van der Waals surface area (Å²) >= 11 is 1.62. The summed E-state index contributed by atoms with van der Waals surface area (Å²) in [4.78, 5) is 16.0. The number of aryl methyl sites for hydroxylation is 1. The van der Waals surface area contributed by atoms with Crippen LogP contribution in [0.5, 0.6) is 0 Å². The molecular formula is C18H24N4O2S. The second-order valence-corrected chi connectivity index (χ2v) is 7.94. The van der Waals surface area contributed by atoms with Gasteiger partial charge in [-0.25, -0.2) is 0 Å². The summed E-state index contributed by atoms with van der Waals surface area (Å²) in [6.45, 7) is 1.38. The van der Waals surface area contributed by atoms with Gasteiger partial charge < -0.3 is 14.6 Å². The Morgan fingerprint density at radius 2 is 2.16 bits per heavy atom. The summed E-state index contributed by atoms with van der Waals surface area (Å²) in [5, 5.41) is 19.8. The van der Waals surface area contributed by atoms with Crippen molar-refractivity contribution in [1.29, 1.82) is 0 Å². The van der Waals surface area contributed by atoms with E-state index < -0.39 is 0 Å². The molecule has 1 fully saturated rings. The molecule has 25 heavy (non-hydrogen) atoms. The molecule has 1 saturated heterocycles. The molecule has 0 unspecified atom stereocenters. The molecule has 0 saturated carbocycles. The number of rotatable bonds is 3. The fraction of sp³-hybridized carbons (Fsp3) is 0.611. The third-order valence-corrected chi connectivity index (χ3v) is 6.57. The summed E-state index contributed by atoms with van der Waals surface area (Å²) in [5.74, 6) is 1.81. The average molecular weight is 360 g/mol. The van der Waals surface area contributed by atoms with E-state index in [9.17, 15) is 9.90 Å². The summed E-state index contributed by atoms with van der Waals surface area (Å²) in [5.41, 5.74) is 2.68. The minimum atomic E-state index is -0.111. The average Bonchev–Trinajstić information content (AvgIpc) is 3.24. The molecular weight excluding hydrogens is 336 g/mol. The molecule has 1 amide bonds. The minimum Gasteiger partial charge on any atom is -0.388 e. The fourth-order valence-corrected chi connectivity index (χ4v) is 5.21. The molecule has 1 atom stereocenters. The Kier molecular flexibility index (Phi) is 4.60. The van der Waals surface area contributed by atoms with Crippen molar-refractivity contribution in [3.05, 3.63) is 33.0 Å². The number of aromatic nitrogens is 3. The van der Waals surface area contributed by atoms with E-state index in [0.717, 1.165) is 42.9 Å². The van der Waals surface area contributed by atoms with Crippen LogP contribution in [0.1, 0.15) is 64.0 Å². The molecule has 0 bridgehead atoms. The first-order valence-electron chi connectivity index (χ1n) is 9.06. The van der Waals surface area contributed by atoms with Gasteiger partial charge in [-0.05, 0) is 55.0 Å². The van der Waals surface area contributed by atoms with Crippen molar-refractivity contribution in [3.63, 3.8) is 0 Å². The van der Waals surface area contributed by atoms with Gasteiger partial charge in [-0.15, -0.1) is 21.5 Å². The fourth-order valence-electron chi connectivity index (χ4n) is 4.08. The molecule has 7 heteroatoms. The SMILES string of the molecule is Cn1c(CO)nnc1[C@H]1CCCN(C(=O)c2scc3c2CCCC3)C1. The van der Waals surface area contributed by atoms with Crippen molar-refractivity contribution in [2.24, 2.45) is 7.05 Å². The Hall–Kier alpha value is -1.73. The number of fused-ring (bicyclic) bond motifs is 1. The summed E-state index contributed by atoms with van der Waals surface area (Å²) in [6, 6.07) is 0. The van der Waals surface area contributed by atoms with E-state index in [1.54, 1.807) is 11.3 Å². The Labute approximate surface area is 151 Å². The van der Waals surface area contributed by atoms with Gasteiger partial charge in [-0.2, -0.15) is 0 Å². The first-order chi connectivity index (χ1) is 12.2. The van der Waals surface area contributed by atoms with Crippen molar-refractivity contribution in [3.8, 4) is 0 Å². The summed E-state index contributed by atoms with van der Waals surface area (Å²) in [6.07, 6.45) is 6.57. The highest BCUT2D eigenvalue weighted by molar-refractivity contribution is 7.12. The predicted molar refractivity (Wildman–Crippen MR) is 95.8 cm³/mol. The Morgan fingerprint density at radius 1 is 1.32 bits per heavy atom. The number of likely N-dealkylation sites (tertiary alicyclic amines) is 1. The number of carbonyl (C=O) groups excluding carboxylic acids is 1. The second kappa shape index (κ2) is 6.88. The third-order valence-electron chi connectivity index (χ3n) is 5.51. The molecule has 1 aliphatic carbocycles. The van der Waals surface area contributed by atoms with E-state index in [-0.39, 0.29) is 18.4 Å². The number of thiophene rings is 1. The highest BCUT2D eigenvalue weighted by atomic mass is 32.1. The van der Waals surface area contributed by atoms with Gasteiger partial charge in [0.1, 0.15) is 12.4 Å². The quantitative estimate of drug-likeness (QED) is 0.911. The zero-order valence-electron chi connectivity index (χ0n) is 14.6. The number of hydrogen-bond donors (Lipinski definition) is 1. The number of aliphatic hydroxyl groups is 1. The highest BCUT2D eigenvalue weighted by Gasteiger charge is 2.31. The predicted octanol–water partition coefficient (Wildman–Crippen LogP) is 2.27. The van der Waals surface area contributed by atoms with Gasteiger partial charge in [0.25, 0.3) is 5.91 Å². The van der Waals surface area contributed by atoms with Crippen LogP contribution in [-0.2, 0) is 26.5 Å². The standard InChI is InChI=1S/C18H24N4O2S/c1-21-15(10-23)19-20-17(21)12-6-4-8-22(9-12)18(24)16-14-7-3-2-5-13(14)11-25-16/h11-12,23H,2-10H2,1H3/t12-/m0/s1. The Morgan fingerprint density at radius 3 is 2.96 bits per heavy atom. The van der Waals surface area contributed by atoms with Gasteiger partial charge in [0.05, 0.1) is 4.88 Å². The number of carbonyl (C=O) groups is 1. The Balaban J connectivity index is 1.54. The summed E-state index contributed by atoms with van der Waals surface area (Å²) < 4.78 is 1.87. The van der Waals surface area contributed by atoms with E-state index in [0.29, 0.717) is 12.4 Å². The minimum absolute atomic E-state index is 0.111. The van der Waals surface area contributed by atoms with E-state index in [2.05, 4.69) is 15.6 Å². The van der Waals surface area contributed by atoms with Crippen LogP contribution in [0, 0.1) is 0 Å². The maximum Gasteiger partial charge on any atom is 0.264 e. The largest absolute Gasteiger partial charge is 0.388 e. The molecule has 0 radical (unpaired) electrons. The van der Waals surface area contributed by atoms with Gasteiger partial charge >= 0.3 is 0 Å². The van der Waals surface area contributed by atoms with Crippen molar-refractivity contribution in [2.45, 2.75) is 51.0 Å². The van der Waals surface area contributed by atoms with Crippen LogP contribution in [-0.4, -0.2) is 43.8 Å². The molecule has 3 heterocycles. The van der Waals surface area contributed by atoms with Gasteiger partial charge in [-0.3, -0.25) is 4.79 Å². The van der Waals surface area contributed by atoms with Crippen molar-refractivity contribution in [2.75, 3.05) is 13.1 Å². The molecule has 4 rings (SSSR count). The van der Waals surface area contributed by atoms with Gasteiger partial charge in [0.2, 0.25) is 0 Å². The number of piperidine rings is 1. The van der Waals surface area contributed by atoms with Crippen molar-refractivity contribution < 1.29 is 9.90 Å². The van der Waals surface area contributed by atoms with E-state index in [1.165, 1.54) is 24.0 Å². The molecule has 6 nitrogen and oxygen atoms in total. The Bertz CT molecular complexity index is 782. The van der Waals surface area contributed by atoms with Crippen LogP contribution in [0.3, 0.4) is 0 Å². The van der Waals surface area contributed by atoms with E-state index in [1.807, 2.05) is 16.5 Å². The van der Waals surface area contributed by atoms with Gasteiger partial charge in [0.15, 0.2) is 5.82 Å². The van der Waals surface area contributed by atoms with Gasteiger partial charge in [-0.1, -0.05) is 0 Å². The molecule has 0 aromatic carbocycles. The molecule has 134 valence electrons. The topological polar surface area (TPSA) is 71.2 Å². The van der Waals surface area contributed by atoms with Crippen molar-refractivity contribution >= 4 is 17.2 Å². The van der Waals surface area contributed by atoms with Crippen LogP contribution >= 0.6 is 11.3 Å². The normalized spacial score (nSPS) is 20.6. The van der Waals surface area contributed by atoms with Crippen LogP contribution in [0.2, 0.25) is 0 Å². The smallest absolute Gasteiger partial charge is 0.264 e. The highest BCUT2D eigenvalue weighted by Crippen LogP contribution is 2.33. The lowest BCUT2D eigenvalue weighted by Gasteiger charge is -2.32. The lowest BCUT2D eigenvalue weighted by atomic mass is 9.93. The molecule has 2 aromatic rings. The molecule has 2 aromatic heterocycles.